The lowest BCUT2D eigenvalue weighted by Crippen LogP contribution is -2.14. The van der Waals surface area contributed by atoms with Crippen LogP contribution in [0.3, 0.4) is 0 Å². The zero-order valence-electron chi connectivity index (χ0n) is 14.5. The van der Waals surface area contributed by atoms with E-state index >= 15 is 0 Å². The van der Waals surface area contributed by atoms with E-state index in [2.05, 4.69) is 36.4 Å². The van der Waals surface area contributed by atoms with Crippen molar-refractivity contribution in [3.63, 3.8) is 0 Å². The smallest absolute Gasteiger partial charge is 0.234 e. The van der Waals surface area contributed by atoms with Crippen molar-refractivity contribution in [2.45, 2.75) is 5.16 Å². The molecular formula is C20H15BrN4O2S. The highest BCUT2D eigenvalue weighted by Crippen LogP contribution is 2.30. The summed E-state index contributed by atoms with van der Waals surface area (Å²) in [5.74, 6) is 0.573. The number of nitrogens with zero attached hydrogens (tertiary/aromatic N) is 2. The van der Waals surface area contributed by atoms with E-state index in [0.717, 1.165) is 20.9 Å². The van der Waals surface area contributed by atoms with Crippen LogP contribution in [0.25, 0.3) is 22.2 Å². The summed E-state index contributed by atoms with van der Waals surface area (Å²) in [7, 11) is 0. The number of halogens is 1. The maximum absolute atomic E-state index is 12.4. The summed E-state index contributed by atoms with van der Waals surface area (Å²) < 4.78 is 0.820. The highest BCUT2D eigenvalue weighted by atomic mass is 79.9. The minimum Gasteiger partial charge on any atom is -0.507 e. The van der Waals surface area contributed by atoms with Crippen molar-refractivity contribution >= 4 is 50.1 Å². The lowest BCUT2D eigenvalue weighted by molar-refractivity contribution is -0.113. The molecule has 0 bridgehead atoms. The Balaban J connectivity index is 1.43. The number of benzene rings is 3. The number of thioether (sulfide) groups is 1. The number of nitrogens with one attached hydrogen (secondary N) is 2. The molecule has 4 aromatic rings. The Morgan fingerprint density at radius 2 is 1.96 bits per heavy atom. The fourth-order valence-electron chi connectivity index (χ4n) is 2.78. The van der Waals surface area contributed by atoms with E-state index in [4.69, 9.17) is 0 Å². The number of carbonyl (C=O) groups is 1. The molecule has 3 N–H and O–H groups in total. The lowest BCUT2D eigenvalue weighted by Gasteiger charge is -2.08. The van der Waals surface area contributed by atoms with E-state index in [0.29, 0.717) is 16.5 Å². The number of aromatic nitrogens is 3. The van der Waals surface area contributed by atoms with Crippen molar-refractivity contribution in [2.24, 2.45) is 0 Å². The van der Waals surface area contributed by atoms with Crippen molar-refractivity contribution < 1.29 is 9.90 Å². The first-order chi connectivity index (χ1) is 13.6. The third-order valence-electron chi connectivity index (χ3n) is 4.07. The van der Waals surface area contributed by atoms with Gasteiger partial charge in [0.1, 0.15) is 5.75 Å². The fraction of sp³-hybridized carbons (Fsp3) is 0.0500. The molecule has 0 atom stereocenters. The zero-order chi connectivity index (χ0) is 19.5. The summed E-state index contributed by atoms with van der Waals surface area (Å²) in [4.78, 5) is 16.7. The average molecular weight is 455 g/mol. The van der Waals surface area contributed by atoms with Gasteiger partial charge in [-0.1, -0.05) is 64.1 Å². The highest BCUT2D eigenvalue weighted by Gasteiger charge is 2.13. The number of carbonyl (C=O) groups excluding carboxylic acids is 1. The number of aromatic hydroxyl groups is 1. The maximum atomic E-state index is 12.4. The molecule has 0 unspecified atom stereocenters. The standard InChI is InChI=1S/C20H15BrN4O2S/c21-13-8-9-17(26)15(10-13)19-23-20(25-24-19)28-11-18(27)22-16-7-3-5-12-4-1-2-6-14(12)16/h1-10,26H,11H2,(H,22,27)(H,23,24,25). The van der Waals surface area contributed by atoms with Gasteiger partial charge in [-0.2, -0.15) is 0 Å². The molecule has 3 aromatic carbocycles. The Hall–Kier alpha value is -2.84. The summed E-state index contributed by atoms with van der Waals surface area (Å²) in [5, 5.41) is 22.3. The van der Waals surface area contributed by atoms with Gasteiger partial charge in [0.25, 0.3) is 0 Å². The number of aromatic amines is 1. The topological polar surface area (TPSA) is 90.9 Å². The SMILES string of the molecule is O=C(CSc1n[nH]c(-c2cc(Br)ccc2O)n1)Nc1cccc2ccccc12. The molecule has 0 aliphatic rings. The number of fused-ring (bicyclic) bond motifs is 1. The molecule has 0 saturated carbocycles. The lowest BCUT2D eigenvalue weighted by atomic mass is 10.1. The van der Waals surface area contributed by atoms with Crippen molar-refractivity contribution in [3.05, 3.63) is 65.1 Å². The molecule has 0 spiro atoms. The number of phenolic OH excluding ortho intramolecular Hbond substituents is 1. The first-order valence-electron chi connectivity index (χ1n) is 8.42. The average Bonchev–Trinajstić information content (AvgIpc) is 3.17. The molecule has 28 heavy (non-hydrogen) atoms. The molecular weight excluding hydrogens is 440 g/mol. The Morgan fingerprint density at radius 3 is 2.86 bits per heavy atom. The molecule has 1 aromatic heterocycles. The van der Waals surface area contributed by atoms with E-state index in [-0.39, 0.29) is 17.4 Å². The van der Waals surface area contributed by atoms with Gasteiger partial charge < -0.3 is 10.4 Å². The van der Waals surface area contributed by atoms with Crippen LogP contribution in [-0.2, 0) is 4.79 Å². The highest BCUT2D eigenvalue weighted by molar-refractivity contribution is 9.10. The van der Waals surface area contributed by atoms with E-state index in [9.17, 15) is 9.90 Å². The van der Waals surface area contributed by atoms with Crippen LogP contribution in [0.5, 0.6) is 5.75 Å². The number of phenols is 1. The largest absolute Gasteiger partial charge is 0.507 e. The predicted octanol–water partition coefficient (Wildman–Crippen LogP) is 4.82. The second-order valence-corrected chi connectivity index (χ2v) is 7.85. The van der Waals surface area contributed by atoms with Crippen LogP contribution >= 0.6 is 27.7 Å². The van der Waals surface area contributed by atoms with Gasteiger partial charge in [0.15, 0.2) is 5.82 Å². The summed E-state index contributed by atoms with van der Waals surface area (Å²) in [6.07, 6.45) is 0. The number of anilines is 1. The molecule has 6 nitrogen and oxygen atoms in total. The molecule has 0 aliphatic carbocycles. The second kappa shape index (κ2) is 8.04. The van der Waals surface area contributed by atoms with E-state index in [1.165, 1.54) is 11.8 Å². The van der Waals surface area contributed by atoms with Gasteiger partial charge in [0.2, 0.25) is 11.1 Å². The summed E-state index contributed by atoms with van der Waals surface area (Å²) in [6.45, 7) is 0. The number of amides is 1. The molecule has 140 valence electrons. The quantitative estimate of drug-likeness (QED) is 0.376. The number of hydrogen-bond acceptors (Lipinski definition) is 5. The molecule has 8 heteroatoms. The van der Waals surface area contributed by atoms with Crippen molar-refractivity contribution in [3.8, 4) is 17.1 Å². The Labute approximate surface area is 173 Å². The monoisotopic (exact) mass is 454 g/mol. The van der Waals surface area contributed by atoms with Crippen LogP contribution in [0.1, 0.15) is 0 Å². The summed E-state index contributed by atoms with van der Waals surface area (Å²) in [6, 6.07) is 18.8. The maximum Gasteiger partial charge on any atom is 0.234 e. The molecule has 1 amide bonds. The van der Waals surface area contributed by atoms with Crippen LogP contribution in [0.2, 0.25) is 0 Å². The van der Waals surface area contributed by atoms with Gasteiger partial charge in [-0.05, 0) is 29.7 Å². The van der Waals surface area contributed by atoms with Crippen molar-refractivity contribution in [1.82, 2.24) is 15.2 Å². The van der Waals surface area contributed by atoms with Gasteiger partial charge >= 0.3 is 0 Å². The van der Waals surface area contributed by atoms with Gasteiger partial charge in [-0.3, -0.25) is 9.89 Å². The number of rotatable bonds is 5. The molecule has 0 radical (unpaired) electrons. The van der Waals surface area contributed by atoms with Crippen LogP contribution in [-0.4, -0.2) is 31.9 Å². The second-order valence-electron chi connectivity index (χ2n) is 5.99. The fourth-order valence-corrected chi connectivity index (χ4v) is 3.74. The van der Waals surface area contributed by atoms with Crippen molar-refractivity contribution in [1.29, 1.82) is 0 Å². The molecule has 0 fully saturated rings. The first-order valence-corrected chi connectivity index (χ1v) is 10.2. The first kappa shape index (κ1) is 18.5. The molecule has 1 heterocycles. The van der Waals surface area contributed by atoms with Crippen LogP contribution in [0, 0.1) is 0 Å². The van der Waals surface area contributed by atoms with Crippen LogP contribution in [0.4, 0.5) is 5.69 Å². The number of hydrogen-bond donors (Lipinski definition) is 3. The zero-order valence-corrected chi connectivity index (χ0v) is 16.9. The summed E-state index contributed by atoms with van der Waals surface area (Å²) >= 11 is 4.59. The van der Waals surface area contributed by atoms with Crippen LogP contribution < -0.4 is 5.32 Å². The van der Waals surface area contributed by atoms with E-state index in [1.54, 1.807) is 18.2 Å². The third kappa shape index (κ3) is 4.02. The van der Waals surface area contributed by atoms with Gasteiger partial charge in [-0.25, -0.2) is 4.98 Å². The van der Waals surface area contributed by atoms with Crippen molar-refractivity contribution in [2.75, 3.05) is 11.1 Å². The molecule has 0 saturated heterocycles. The third-order valence-corrected chi connectivity index (χ3v) is 5.42. The van der Waals surface area contributed by atoms with E-state index in [1.807, 2.05) is 42.5 Å². The van der Waals surface area contributed by atoms with Gasteiger partial charge in [0, 0.05) is 15.5 Å². The predicted molar refractivity (Wildman–Crippen MR) is 114 cm³/mol. The van der Waals surface area contributed by atoms with Gasteiger partial charge in [-0.15, -0.1) is 5.10 Å². The van der Waals surface area contributed by atoms with Gasteiger partial charge in [0.05, 0.1) is 11.3 Å². The minimum atomic E-state index is -0.141. The van der Waals surface area contributed by atoms with E-state index < -0.39 is 0 Å². The Bertz CT molecular complexity index is 1160. The Morgan fingerprint density at radius 1 is 1.14 bits per heavy atom. The molecule has 4 rings (SSSR count). The molecule has 0 aliphatic heterocycles. The minimum absolute atomic E-state index is 0.101. The Kier molecular flexibility index (Phi) is 5.31. The summed E-state index contributed by atoms with van der Waals surface area (Å²) in [5.41, 5.74) is 1.31. The normalized spacial score (nSPS) is 10.9. The number of H-pyrrole nitrogens is 1. The van der Waals surface area contributed by atoms with Crippen LogP contribution in [0.15, 0.2) is 70.3 Å².